The number of carbonyl (C=O) groups excluding carboxylic acids is 1. The van der Waals surface area contributed by atoms with Gasteiger partial charge in [-0.05, 0) is 65.1 Å². The topological polar surface area (TPSA) is 74.0 Å². The molecular weight excluding hydrogens is 368 g/mol. The Kier molecular flexibility index (Phi) is 10.3. The van der Waals surface area contributed by atoms with Crippen molar-refractivity contribution in [3.63, 3.8) is 0 Å². The first kappa shape index (κ1) is 23.4. The number of halogens is 1. The summed E-state index contributed by atoms with van der Waals surface area (Å²) < 4.78 is 17.2. The molecule has 1 aliphatic heterocycles. The standard InChI is InChI=1S/C20H32N2O4.ClH/c1-4-24-17-13-15(14-18(25-5-2)19(17)26-6-3)20(23)22-12-8-7-9-16(22)10-11-21;/h13-14,16H,4-12,21H2,1-3H3;1H. The minimum atomic E-state index is 0. The minimum absolute atomic E-state index is 0. The average molecular weight is 401 g/mol. The van der Waals surface area contributed by atoms with E-state index in [2.05, 4.69) is 0 Å². The van der Waals surface area contributed by atoms with Gasteiger partial charge in [0.2, 0.25) is 5.75 Å². The Bertz CT molecular complexity index is 568. The van der Waals surface area contributed by atoms with Crippen LogP contribution >= 0.6 is 12.4 Å². The highest BCUT2D eigenvalue weighted by Gasteiger charge is 2.28. The lowest BCUT2D eigenvalue weighted by atomic mass is 9.98. The molecular formula is C20H33ClN2O4. The number of nitrogens with zero attached hydrogens (tertiary/aromatic N) is 1. The van der Waals surface area contributed by atoms with Gasteiger partial charge in [0.25, 0.3) is 5.91 Å². The van der Waals surface area contributed by atoms with E-state index in [1.165, 1.54) is 0 Å². The maximum absolute atomic E-state index is 13.2. The van der Waals surface area contributed by atoms with Crippen molar-refractivity contribution >= 4 is 18.3 Å². The molecule has 1 fully saturated rings. The molecule has 0 bridgehead atoms. The Balaban J connectivity index is 0.00000364. The number of ether oxygens (including phenoxy) is 3. The van der Waals surface area contributed by atoms with E-state index in [1.807, 2.05) is 25.7 Å². The number of rotatable bonds is 9. The van der Waals surface area contributed by atoms with Crippen LogP contribution in [0.5, 0.6) is 17.2 Å². The van der Waals surface area contributed by atoms with Crippen LogP contribution in [0, 0.1) is 0 Å². The van der Waals surface area contributed by atoms with Crippen molar-refractivity contribution in [3.8, 4) is 17.2 Å². The number of nitrogens with two attached hydrogens (primary N) is 1. The number of carbonyl (C=O) groups is 1. The molecule has 0 aromatic heterocycles. The van der Waals surface area contributed by atoms with Gasteiger partial charge in [0, 0.05) is 18.2 Å². The maximum atomic E-state index is 13.2. The number of piperidine rings is 1. The molecule has 1 heterocycles. The zero-order chi connectivity index (χ0) is 18.9. The van der Waals surface area contributed by atoms with Crippen LogP contribution in [0.4, 0.5) is 0 Å². The van der Waals surface area contributed by atoms with Crippen molar-refractivity contribution in [1.82, 2.24) is 4.90 Å². The van der Waals surface area contributed by atoms with Crippen molar-refractivity contribution in [1.29, 1.82) is 0 Å². The summed E-state index contributed by atoms with van der Waals surface area (Å²) in [5.41, 5.74) is 6.32. The van der Waals surface area contributed by atoms with Crippen LogP contribution in [0.3, 0.4) is 0 Å². The molecule has 0 spiro atoms. The van der Waals surface area contributed by atoms with E-state index in [1.54, 1.807) is 12.1 Å². The SMILES string of the molecule is CCOc1cc(C(=O)N2CCCCC2CCN)cc(OCC)c1OCC.Cl. The van der Waals surface area contributed by atoms with E-state index in [9.17, 15) is 4.79 Å². The summed E-state index contributed by atoms with van der Waals surface area (Å²) in [6.07, 6.45) is 4.02. The van der Waals surface area contributed by atoms with Crippen LogP contribution in [-0.4, -0.2) is 49.8 Å². The fourth-order valence-corrected chi connectivity index (χ4v) is 3.44. The Hall–Kier alpha value is -1.66. The Labute approximate surface area is 168 Å². The van der Waals surface area contributed by atoms with Crippen molar-refractivity contribution in [2.75, 3.05) is 32.9 Å². The molecule has 1 amide bonds. The van der Waals surface area contributed by atoms with E-state index in [4.69, 9.17) is 19.9 Å². The quantitative estimate of drug-likeness (QED) is 0.684. The molecule has 1 aliphatic rings. The Morgan fingerprint density at radius 2 is 1.67 bits per heavy atom. The van der Waals surface area contributed by atoms with Gasteiger partial charge in [0.15, 0.2) is 11.5 Å². The first-order valence-electron chi connectivity index (χ1n) is 9.73. The minimum Gasteiger partial charge on any atom is -0.490 e. The van der Waals surface area contributed by atoms with Crippen molar-refractivity contribution in [2.24, 2.45) is 5.73 Å². The summed E-state index contributed by atoms with van der Waals surface area (Å²) in [4.78, 5) is 15.2. The van der Waals surface area contributed by atoms with Crippen molar-refractivity contribution in [3.05, 3.63) is 17.7 Å². The smallest absolute Gasteiger partial charge is 0.254 e. The lowest BCUT2D eigenvalue weighted by molar-refractivity contribution is 0.0604. The van der Waals surface area contributed by atoms with Gasteiger partial charge in [0.1, 0.15) is 0 Å². The zero-order valence-corrected chi connectivity index (χ0v) is 17.5. The predicted molar refractivity (Wildman–Crippen MR) is 110 cm³/mol. The largest absolute Gasteiger partial charge is 0.490 e. The van der Waals surface area contributed by atoms with E-state index >= 15 is 0 Å². The molecule has 1 saturated heterocycles. The summed E-state index contributed by atoms with van der Waals surface area (Å²) >= 11 is 0. The molecule has 1 aromatic rings. The van der Waals surface area contributed by atoms with Crippen molar-refractivity contribution in [2.45, 2.75) is 52.5 Å². The number of hydrogen-bond acceptors (Lipinski definition) is 5. The zero-order valence-electron chi connectivity index (χ0n) is 16.7. The third kappa shape index (κ3) is 5.91. The summed E-state index contributed by atoms with van der Waals surface area (Å²) in [6, 6.07) is 3.75. The molecule has 2 N–H and O–H groups in total. The molecule has 1 aromatic carbocycles. The second-order valence-corrected chi connectivity index (χ2v) is 6.33. The first-order chi connectivity index (χ1) is 12.7. The molecule has 1 atom stereocenters. The maximum Gasteiger partial charge on any atom is 0.254 e. The molecule has 0 radical (unpaired) electrons. The van der Waals surface area contributed by atoms with Crippen molar-refractivity contribution < 1.29 is 19.0 Å². The summed E-state index contributed by atoms with van der Waals surface area (Å²) in [7, 11) is 0. The summed E-state index contributed by atoms with van der Waals surface area (Å²) in [5, 5.41) is 0. The summed E-state index contributed by atoms with van der Waals surface area (Å²) in [5.74, 6) is 1.67. The number of likely N-dealkylation sites (tertiary alicyclic amines) is 1. The fourth-order valence-electron chi connectivity index (χ4n) is 3.44. The van der Waals surface area contributed by atoms with Crippen LogP contribution in [0.2, 0.25) is 0 Å². The van der Waals surface area contributed by atoms with Gasteiger partial charge in [0.05, 0.1) is 19.8 Å². The van der Waals surface area contributed by atoms with Gasteiger partial charge in [-0.3, -0.25) is 4.79 Å². The van der Waals surface area contributed by atoms with E-state index < -0.39 is 0 Å². The first-order valence-corrected chi connectivity index (χ1v) is 9.73. The molecule has 154 valence electrons. The number of benzene rings is 1. The van der Waals surface area contributed by atoms with Crippen LogP contribution in [-0.2, 0) is 0 Å². The van der Waals surface area contributed by atoms with E-state index in [0.29, 0.717) is 49.2 Å². The lowest BCUT2D eigenvalue weighted by Gasteiger charge is -2.36. The third-order valence-corrected chi connectivity index (χ3v) is 4.54. The third-order valence-electron chi connectivity index (χ3n) is 4.54. The van der Waals surface area contributed by atoms with Crippen LogP contribution in [0.25, 0.3) is 0 Å². The normalized spacial score (nSPS) is 16.4. The van der Waals surface area contributed by atoms with Gasteiger partial charge in [-0.25, -0.2) is 0 Å². The average Bonchev–Trinajstić information content (AvgIpc) is 2.64. The highest BCUT2D eigenvalue weighted by atomic mass is 35.5. The second kappa shape index (κ2) is 11.9. The second-order valence-electron chi connectivity index (χ2n) is 6.33. The molecule has 0 saturated carbocycles. The molecule has 6 nitrogen and oxygen atoms in total. The summed E-state index contributed by atoms with van der Waals surface area (Å²) in [6.45, 7) is 8.56. The Morgan fingerprint density at radius 3 is 2.19 bits per heavy atom. The van der Waals surface area contributed by atoms with Gasteiger partial charge in [-0.15, -0.1) is 12.4 Å². The van der Waals surface area contributed by atoms with Crippen LogP contribution < -0.4 is 19.9 Å². The molecule has 27 heavy (non-hydrogen) atoms. The molecule has 7 heteroatoms. The van der Waals surface area contributed by atoms with Gasteiger partial charge in [-0.1, -0.05) is 0 Å². The van der Waals surface area contributed by atoms with Gasteiger partial charge in [-0.2, -0.15) is 0 Å². The molecule has 2 rings (SSSR count). The highest BCUT2D eigenvalue weighted by Crippen LogP contribution is 2.39. The van der Waals surface area contributed by atoms with Gasteiger partial charge < -0.3 is 24.8 Å². The Morgan fingerprint density at radius 1 is 1.07 bits per heavy atom. The van der Waals surface area contributed by atoms with Gasteiger partial charge >= 0.3 is 0 Å². The predicted octanol–water partition coefficient (Wildman–Crippen LogP) is 3.65. The number of amides is 1. The number of hydrogen-bond donors (Lipinski definition) is 1. The fraction of sp³-hybridized carbons (Fsp3) is 0.650. The van der Waals surface area contributed by atoms with Crippen LogP contribution in [0.15, 0.2) is 12.1 Å². The van der Waals surface area contributed by atoms with E-state index in [-0.39, 0.29) is 24.4 Å². The molecule has 1 unspecified atom stereocenters. The lowest BCUT2D eigenvalue weighted by Crippen LogP contribution is -2.44. The van der Waals surface area contributed by atoms with E-state index in [0.717, 1.165) is 32.2 Å². The monoisotopic (exact) mass is 400 g/mol. The highest BCUT2D eigenvalue weighted by molar-refractivity contribution is 5.96. The van der Waals surface area contributed by atoms with Crippen LogP contribution in [0.1, 0.15) is 56.8 Å². The molecule has 0 aliphatic carbocycles.